The van der Waals surface area contributed by atoms with Gasteiger partial charge in [-0.1, -0.05) is 31.6 Å². The summed E-state index contributed by atoms with van der Waals surface area (Å²) >= 11 is 0. The van der Waals surface area contributed by atoms with Crippen LogP contribution in [0.25, 0.3) is 0 Å². The van der Waals surface area contributed by atoms with Crippen LogP contribution in [0.2, 0.25) is 0 Å². The number of hydrogen-bond donors (Lipinski definition) is 2. The van der Waals surface area contributed by atoms with Gasteiger partial charge in [-0.15, -0.1) is 0 Å². The zero-order valence-electron chi connectivity index (χ0n) is 20.8. The number of aliphatic hydroxyl groups is 2. The van der Waals surface area contributed by atoms with E-state index in [1.54, 1.807) is 18.1 Å². The Bertz CT molecular complexity index is 965. The van der Waals surface area contributed by atoms with Crippen molar-refractivity contribution in [3.63, 3.8) is 0 Å². The Morgan fingerprint density at radius 2 is 1.91 bits per heavy atom. The average molecular weight is 468 g/mol. The van der Waals surface area contributed by atoms with E-state index < -0.39 is 16.6 Å². The predicted molar refractivity (Wildman–Crippen MR) is 131 cm³/mol. The van der Waals surface area contributed by atoms with Crippen molar-refractivity contribution < 1.29 is 19.4 Å². The van der Waals surface area contributed by atoms with E-state index in [2.05, 4.69) is 24.8 Å². The van der Waals surface area contributed by atoms with Crippen LogP contribution in [0.15, 0.2) is 46.8 Å². The third-order valence-corrected chi connectivity index (χ3v) is 10.8. The first-order valence-corrected chi connectivity index (χ1v) is 13.5. The molecule has 4 aliphatic carbocycles. The van der Waals surface area contributed by atoms with Crippen LogP contribution in [0.4, 0.5) is 0 Å². The molecule has 5 aliphatic rings. The van der Waals surface area contributed by atoms with E-state index >= 15 is 0 Å². The van der Waals surface area contributed by atoms with Crippen molar-refractivity contribution in [3.05, 3.63) is 48.0 Å². The number of ether oxygens (including phenoxy) is 1. The van der Waals surface area contributed by atoms with Crippen molar-refractivity contribution in [3.8, 4) is 0 Å². The highest BCUT2D eigenvalue weighted by Crippen LogP contribution is 2.68. The van der Waals surface area contributed by atoms with Crippen LogP contribution in [-0.4, -0.2) is 53.1 Å². The van der Waals surface area contributed by atoms with Crippen LogP contribution >= 0.6 is 0 Å². The molecule has 2 heterocycles. The zero-order chi connectivity index (χ0) is 23.6. The van der Waals surface area contributed by atoms with Gasteiger partial charge in [0.15, 0.2) is 0 Å². The third-order valence-electron chi connectivity index (χ3n) is 10.8. The molecule has 0 bridgehead atoms. The molecular formula is C29H41NO4. The number of nitrogens with zero attached hydrogens (tertiary/aromatic N) is 1. The molecule has 2 N–H and O–H groups in total. The first-order valence-electron chi connectivity index (χ1n) is 13.5. The molecule has 0 aromatic carbocycles. The molecule has 0 amide bonds. The molecule has 5 heteroatoms. The highest BCUT2D eigenvalue weighted by Gasteiger charge is 2.69. The van der Waals surface area contributed by atoms with E-state index in [-0.39, 0.29) is 11.3 Å². The highest BCUT2D eigenvalue weighted by atomic mass is 16.5. The first-order chi connectivity index (χ1) is 16.3. The van der Waals surface area contributed by atoms with Crippen molar-refractivity contribution >= 4 is 0 Å². The van der Waals surface area contributed by atoms with Gasteiger partial charge in [0.25, 0.3) is 0 Å². The van der Waals surface area contributed by atoms with E-state index in [0.717, 1.165) is 57.2 Å². The van der Waals surface area contributed by atoms with Crippen LogP contribution in [0, 0.1) is 22.7 Å². The Labute approximate surface area is 203 Å². The van der Waals surface area contributed by atoms with Crippen LogP contribution in [0.3, 0.4) is 0 Å². The van der Waals surface area contributed by atoms with Gasteiger partial charge in [-0.05, 0) is 93.8 Å². The van der Waals surface area contributed by atoms with Gasteiger partial charge in [-0.25, -0.2) is 0 Å². The van der Waals surface area contributed by atoms with E-state index in [9.17, 15) is 10.2 Å². The maximum Gasteiger partial charge on any atom is 0.119 e. The number of rotatable bonds is 5. The highest BCUT2D eigenvalue weighted by molar-refractivity contribution is 5.41. The summed E-state index contributed by atoms with van der Waals surface area (Å²) in [6, 6.07) is 1.83. The lowest BCUT2D eigenvalue weighted by Gasteiger charge is -2.62. The van der Waals surface area contributed by atoms with E-state index in [1.165, 1.54) is 25.9 Å². The molecule has 0 radical (unpaired) electrons. The summed E-state index contributed by atoms with van der Waals surface area (Å²) in [5.41, 5.74) is -0.501. The summed E-state index contributed by atoms with van der Waals surface area (Å²) in [5.74, 6) is 0.539. The molecule has 5 nitrogen and oxygen atoms in total. The third kappa shape index (κ3) is 3.13. The molecule has 1 aromatic rings. The predicted octanol–water partition coefficient (Wildman–Crippen LogP) is 4.80. The fourth-order valence-corrected chi connectivity index (χ4v) is 8.51. The second kappa shape index (κ2) is 8.06. The summed E-state index contributed by atoms with van der Waals surface area (Å²) in [4.78, 5) is 2.52. The number of hydrogen-bond acceptors (Lipinski definition) is 5. The summed E-state index contributed by atoms with van der Waals surface area (Å²) in [6.45, 7) is 8.87. The maximum atomic E-state index is 12.2. The van der Waals surface area contributed by atoms with Gasteiger partial charge >= 0.3 is 0 Å². The van der Waals surface area contributed by atoms with E-state index in [1.807, 2.05) is 18.2 Å². The Morgan fingerprint density at radius 1 is 1.09 bits per heavy atom. The molecule has 186 valence electrons. The second-order valence-electron chi connectivity index (χ2n) is 12.2. The lowest BCUT2D eigenvalue weighted by atomic mass is 9.45. The normalized spacial score (nSPS) is 46.1. The summed E-state index contributed by atoms with van der Waals surface area (Å²) < 4.78 is 11.7. The standard InChI is InChI=1S/C29H41NO4/c1-26-10-7-23(34-18-16-30-14-3-4-15-30)19-21(26)5-6-25-24(26)8-11-27(2)28(31,12-13-29(25,27)32)22-9-17-33-20-22/h5,9,12-13,17,20,23-25,31-32H,3-4,6-8,10-11,14-16,18-19H2,1-2H3/t23-,24-,25+,26-,27+,28-,29+/m0/s1. The van der Waals surface area contributed by atoms with Gasteiger partial charge in [-0.3, -0.25) is 0 Å². The molecule has 1 aliphatic heterocycles. The summed E-state index contributed by atoms with van der Waals surface area (Å²) in [6.07, 6.45) is 18.3. The van der Waals surface area contributed by atoms with Crippen molar-refractivity contribution in [1.29, 1.82) is 0 Å². The van der Waals surface area contributed by atoms with Crippen LogP contribution in [0.5, 0.6) is 0 Å². The van der Waals surface area contributed by atoms with Gasteiger partial charge in [0.2, 0.25) is 0 Å². The molecular weight excluding hydrogens is 426 g/mol. The van der Waals surface area contributed by atoms with Gasteiger partial charge in [-0.2, -0.15) is 0 Å². The Kier molecular flexibility index (Phi) is 5.46. The van der Waals surface area contributed by atoms with E-state index in [0.29, 0.717) is 12.0 Å². The van der Waals surface area contributed by atoms with E-state index in [4.69, 9.17) is 9.15 Å². The first kappa shape index (κ1) is 23.0. The van der Waals surface area contributed by atoms with Crippen LogP contribution in [-0.2, 0) is 10.3 Å². The lowest BCUT2D eigenvalue weighted by Crippen LogP contribution is -2.63. The minimum atomic E-state index is -1.20. The SMILES string of the molecule is C[C@]12CC[C@H]3[C@@H](CC=C4C[C@@H](OCCN5CCCC5)CC[C@@]43C)[C@]1(O)C=C[C@]2(O)c1ccoc1. The Balaban J connectivity index is 1.20. The second-order valence-corrected chi connectivity index (χ2v) is 12.2. The minimum absolute atomic E-state index is 0.110. The molecule has 34 heavy (non-hydrogen) atoms. The number of fused-ring (bicyclic) bond motifs is 5. The average Bonchev–Trinajstić information content (AvgIpc) is 3.57. The minimum Gasteiger partial charge on any atom is -0.472 e. The topological polar surface area (TPSA) is 66.1 Å². The smallest absolute Gasteiger partial charge is 0.119 e. The van der Waals surface area contributed by atoms with Crippen LogP contribution < -0.4 is 0 Å². The maximum absolute atomic E-state index is 12.2. The van der Waals surface area contributed by atoms with Gasteiger partial charge < -0.3 is 24.3 Å². The fraction of sp³-hybridized carbons (Fsp3) is 0.724. The van der Waals surface area contributed by atoms with Gasteiger partial charge in [0.05, 0.1) is 30.8 Å². The number of allylic oxidation sites excluding steroid dienone is 1. The molecule has 1 saturated heterocycles. The summed E-state index contributed by atoms with van der Waals surface area (Å²) in [7, 11) is 0. The van der Waals surface area contributed by atoms with Crippen molar-refractivity contribution in [2.45, 2.75) is 82.5 Å². The molecule has 2 saturated carbocycles. The molecule has 7 atom stereocenters. The van der Waals surface area contributed by atoms with Gasteiger partial charge in [0.1, 0.15) is 5.60 Å². The molecule has 3 fully saturated rings. The molecule has 6 rings (SSSR count). The molecule has 1 aromatic heterocycles. The Hall–Kier alpha value is -1.40. The van der Waals surface area contributed by atoms with Crippen molar-refractivity contribution in [2.24, 2.45) is 22.7 Å². The Morgan fingerprint density at radius 3 is 2.68 bits per heavy atom. The fourth-order valence-electron chi connectivity index (χ4n) is 8.51. The van der Waals surface area contributed by atoms with Gasteiger partial charge in [0, 0.05) is 17.5 Å². The van der Waals surface area contributed by atoms with Crippen molar-refractivity contribution in [2.75, 3.05) is 26.2 Å². The monoisotopic (exact) mass is 467 g/mol. The number of furan rings is 1. The quantitative estimate of drug-likeness (QED) is 0.609. The molecule has 0 unspecified atom stereocenters. The number of likely N-dealkylation sites (tertiary alicyclic amines) is 1. The van der Waals surface area contributed by atoms with Crippen LogP contribution in [0.1, 0.15) is 70.8 Å². The summed E-state index contributed by atoms with van der Waals surface area (Å²) in [5, 5.41) is 24.1. The van der Waals surface area contributed by atoms with Crippen molar-refractivity contribution in [1.82, 2.24) is 4.90 Å². The largest absolute Gasteiger partial charge is 0.472 e. The molecule has 0 spiro atoms. The lowest BCUT2D eigenvalue weighted by molar-refractivity contribution is -0.206. The zero-order valence-corrected chi connectivity index (χ0v) is 20.8.